The normalized spacial score (nSPS) is 12.7. The fourth-order valence-electron chi connectivity index (χ4n) is 9.71. The molecule has 0 aliphatic rings. The van der Waals surface area contributed by atoms with E-state index in [1.165, 1.54) is 96.9 Å². The maximum atomic E-state index is 2.54. The van der Waals surface area contributed by atoms with Gasteiger partial charge in [0.1, 0.15) is 0 Å². The van der Waals surface area contributed by atoms with Crippen LogP contribution < -0.4 is 20.7 Å². The molecule has 3 heteroatoms. The van der Waals surface area contributed by atoms with E-state index in [1.54, 1.807) is 0 Å². The molecule has 0 amide bonds. The molecule has 4 aromatic heterocycles. The number of hydrogen-bond acceptors (Lipinski definition) is 0. The molecule has 0 atom stereocenters. The van der Waals surface area contributed by atoms with Crippen LogP contribution >= 0.6 is 0 Å². The zero-order chi connectivity index (χ0) is 33.3. The second kappa shape index (κ2) is 9.84. The molecule has 0 aliphatic carbocycles. The second-order valence-corrected chi connectivity index (χ2v) is 17.9. The van der Waals surface area contributed by atoms with E-state index in [4.69, 9.17) is 0 Å². The Morgan fingerprint density at radius 1 is 0.255 bits per heavy atom. The standard InChI is InChI=1S/C48H30N2Si/c1-3-13-31(14-4-1)51(32-15-5-2-6-16-32,33-25-27-45-41(29-33)39-21-11-19-37-35-17-7-9-23-43(35)49(45)47(37)39)34-26-28-46-42(30-34)40-22-12-20-38-36-18-8-10-24-44(36)50(46)48(38)40/h1-30H. The largest absolute Gasteiger partial charge is 0.308 e. The van der Waals surface area contributed by atoms with Crippen molar-refractivity contribution >= 4 is 105 Å². The minimum Gasteiger partial charge on any atom is -0.308 e. The van der Waals surface area contributed by atoms with Crippen LogP contribution in [0.5, 0.6) is 0 Å². The summed E-state index contributed by atoms with van der Waals surface area (Å²) in [5, 5.41) is 16.1. The average molecular weight is 663 g/mol. The molecule has 0 unspecified atom stereocenters. The van der Waals surface area contributed by atoms with Crippen LogP contribution in [-0.2, 0) is 0 Å². The molecule has 12 rings (SSSR count). The number of rotatable bonds is 4. The maximum absolute atomic E-state index is 2.84. The Kier molecular flexibility index (Phi) is 5.29. The van der Waals surface area contributed by atoms with Crippen molar-refractivity contribution in [1.82, 2.24) is 8.80 Å². The zero-order valence-corrected chi connectivity index (χ0v) is 28.7. The Hall–Kier alpha value is -6.42. The zero-order valence-electron chi connectivity index (χ0n) is 27.7. The van der Waals surface area contributed by atoms with E-state index < -0.39 is 8.07 Å². The molecule has 0 bridgehead atoms. The van der Waals surface area contributed by atoms with Gasteiger partial charge in [-0.15, -0.1) is 0 Å². The summed E-state index contributed by atoms with van der Waals surface area (Å²) < 4.78 is 4.98. The van der Waals surface area contributed by atoms with Gasteiger partial charge in [-0.1, -0.05) is 158 Å². The first-order valence-corrected chi connectivity index (χ1v) is 19.8. The van der Waals surface area contributed by atoms with Crippen LogP contribution in [0.2, 0.25) is 0 Å². The van der Waals surface area contributed by atoms with Crippen molar-refractivity contribution in [2.45, 2.75) is 0 Å². The van der Waals surface area contributed by atoms with E-state index in [0.717, 1.165) is 0 Å². The lowest BCUT2D eigenvalue weighted by molar-refractivity contribution is 1.37. The van der Waals surface area contributed by atoms with Crippen LogP contribution in [-0.4, -0.2) is 16.9 Å². The van der Waals surface area contributed by atoms with Crippen molar-refractivity contribution in [3.05, 3.63) is 182 Å². The lowest BCUT2D eigenvalue weighted by Gasteiger charge is -2.34. The van der Waals surface area contributed by atoms with Crippen molar-refractivity contribution in [2.75, 3.05) is 0 Å². The third kappa shape index (κ3) is 3.37. The van der Waals surface area contributed by atoms with Gasteiger partial charge >= 0.3 is 0 Å². The topological polar surface area (TPSA) is 8.82 Å². The van der Waals surface area contributed by atoms with Crippen LogP contribution in [0.3, 0.4) is 0 Å². The smallest absolute Gasteiger partial charge is 0.179 e. The summed E-state index contributed by atoms with van der Waals surface area (Å²) in [4.78, 5) is 0. The monoisotopic (exact) mass is 662 g/mol. The molecule has 2 nitrogen and oxygen atoms in total. The van der Waals surface area contributed by atoms with Crippen LogP contribution in [0.15, 0.2) is 182 Å². The van der Waals surface area contributed by atoms with Crippen LogP contribution in [0.25, 0.3) is 76.2 Å². The van der Waals surface area contributed by atoms with Crippen molar-refractivity contribution < 1.29 is 0 Å². The van der Waals surface area contributed by atoms with Crippen LogP contribution in [0, 0.1) is 0 Å². The molecule has 8 aromatic carbocycles. The summed E-state index contributed by atoms with van der Waals surface area (Å²) in [5.74, 6) is 0. The molecule has 0 saturated carbocycles. The molecule has 4 heterocycles. The maximum Gasteiger partial charge on any atom is 0.179 e. The van der Waals surface area contributed by atoms with Gasteiger partial charge in [-0.3, -0.25) is 0 Å². The number of fused-ring (bicyclic) bond motifs is 12. The van der Waals surface area contributed by atoms with Crippen molar-refractivity contribution in [2.24, 2.45) is 0 Å². The van der Waals surface area contributed by atoms with E-state index in [-0.39, 0.29) is 0 Å². The molecule has 12 aromatic rings. The first-order chi connectivity index (χ1) is 25.3. The van der Waals surface area contributed by atoms with Crippen LogP contribution in [0.1, 0.15) is 0 Å². The number of nitrogens with zero attached hydrogens (tertiary/aromatic N) is 2. The molecular weight excluding hydrogens is 633 g/mol. The van der Waals surface area contributed by atoms with Gasteiger partial charge in [-0.25, -0.2) is 0 Å². The molecule has 0 fully saturated rings. The van der Waals surface area contributed by atoms with Crippen molar-refractivity contribution in [3.8, 4) is 0 Å². The van der Waals surface area contributed by atoms with E-state index in [1.807, 2.05) is 0 Å². The fourth-order valence-corrected chi connectivity index (χ4v) is 14.5. The number of hydrogen-bond donors (Lipinski definition) is 0. The molecule has 0 N–H and O–H groups in total. The van der Waals surface area contributed by atoms with Gasteiger partial charge in [0.05, 0.1) is 33.1 Å². The number of benzene rings is 8. The second-order valence-electron chi connectivity index (χ2n) is 14.1. The van der Waals surface area contributed by atoms with Crippen molar-refractivity contribution in [1.29, 1.82) is 0 Å². The van der Waals surface area contributed by atoms with Gasteiger partial charge in [0.25, 0.3) is 0 Å². The molecule has 0 spiro atoms. The minimum absolute atomic E-state index is 1.27. The van der Waals surface area contributed by atoms with Gasteiger partial charge in [-0.05, 0) is 45.0 Å². The highest BCUT2D eigenvalue weighted by Gasteiger charge is 2.42. The quantitative estimate of drug-likeness (QED) is 0.131. The highest BCUT2D eigenvalue weighted by molar-refractivity contribution is 7.20. The summed E-state index contributed by atoms with van der Waals surface area (Å²) in [6, 6.07) is 68.8. The molecule has 236 valence electrons. The van der Waals surface area contributed by atoms with E-state index in [2.05, 4.69) is 191 Å². The molecular formula is C48H30N2Si. The SMILES string of the molecule is c1ccc([Si](c2ccccc2)(c2ccc3c(c2)c2cccc4c5ccccc5n3c42)c2ccc3c(c2)c2cccc4c5ccccc5n3c42)cc1. The number of para-hydroxylation sites is 4. The predicted octanol–water partition coefficient (Wildman–Crippen LogP) is 9.36. The van der Waals surface area contributed by atoms with Gasteiger partial charge < -0.3 is 8.80 Å². The van der Waals surface area contributed by atoms with E-state index in [9.17, 15) is 0 Å². The van der Waals surface area contributed by atoms with Gasteiger partial charge in [0, 0.05) is 43.1 Å². The Morgan fingerprint density at radius 2 is 0.608 bits per heavy atom. The summed E-state index contributed by atoms with van der Waals surface area (Å²) in [7, 11) is -2.84. The summed E-state index contributed by atoms with van der Waals surface area (Å²) in [6.07, 6.45) is 0. The lowest BCUT2D eigenvalue weighted by atomic mass is 10.1. The first-order valence-electron chi connectivity index (χ1n) is 17.8. The lowest BCUT2D eigenvalue weighted by Crippen LogP contribution is -2.74. The third-order valence-corrected chi connectivity index (χ3v) is 16.5. The van der Waals surface area contributed by atoms with Gasteiger partial charge in [0.2, 0.25) is 0 Å². The Morgan fingerprint density at radius 3 is 1.06 bits per heavy atom. The highest BCUT2D eigenvalue weighted by atomic mass is 28.3. The first kappa shape index (κ1) is 27.4. The van der Waals surface area contributed by atoms with Crippen LogP contribution in [0.4, 0.5) is 0 Å². The van der Waals surface area contributed by atoms with E-state index >= 15 is 0 Å². The minimum atomic E-state index is -2.84. The summed E-state index contributed by atoms with van der Waals surface area (Å²) in [6.45, 7) is 0. The third-order valence-electron chi connectivity index (χ3n) is 11.7. The van der Waals surface area contributed by atoms with Gasteiger partial charge in [0.15, 0.2) is 8.07 Å². The summed E-state index contributed by atoms with van der Waals surface area (Å²) in [5.41, 5.74) is 7.70. The predicted molar refractivity (Wildman–Crippen MR) is 219 cm³/mol. The van der Waals surface area contributed by atoms with Crippen molar-refractivity contribution in [3.63, 3.8) is 0 Å². The molecule has 0 aliphatic heterocycles. The van der Waals surface area contributed by atoms with E-state index in [0.29, 0.717) is 0 Å². The highest BCUT2D eigenvalue weighted by Crippen LogP contribution is 2.40. The Labute approximate surface area is 294 Å². The molecule has 0 saturated heterocycles. The summed E-state index contributed by atoms with van der Waals surface area (Å²) >= 11 is 0. The molecule has 51 heavy (non-hydrogen) atoms. The van der Waals surface area contributed by atoms with Gasteiger partial charge in [-0.2, -0.15) is 0 Å². The number of aromatic nitrogens is 2. The Balaban J connectivity index is 1.22. The average Bonchev–Trinajstić information content (AvgIpc) is 3.93. The Bertz CT molecular complexity index is 3070. The fraction of sp³-hybridized carbons (Fsp3) is 0. The molecule has 0 radical (unpaired) electrons.